The van der Waals surface area contributed by atoms with Crippen molar-refractivity contribution in [1.29, 1.82) is 0 Å². The summed E-state index contributed by atoms with van der Waals surface area (Å²) in [5.74, 6) is -0.939. The van der Waals surface area contributed by atoms with Gasteiger partial charge in [-0.2, -0.15) is 0 Å². The van der Waals surface area contributed by atoms with Crippen molar-refractivity contribution in [2.75, 3.05) is 14.1 Å². The molecule has 4 rings (SSSR count). The zero-order chi connectivity index (χ0) is 19.8. The summed E-state index contributed by atoms with van der Waals surface area (Å²) >= 11 is 1.51. The third-order valence-electron chi connectivity index (χ3n) is 4.50. The molecule has 142 valence electrons. The van der Waals surface area contributed by atoms with Crippen molar-refractivity contribution in [2.45, 2.75) is 6.61 Å². The molecule has 0 aliphatic heterocycles. The molecule has 1 N–H and O–H groups in total. The van der Waals surface area contributed by atoms with E-state index in [-0.39, 0.29) is 18.1 Å². The van der Waals surface area contributed by atoms with Crippen molar-refractivity contribution >= 4 is 22.9 Å². The van der Waals surface area contributed by atoms with Crippen LogP contribution in [0.3, 0.4) is 0 Å². The monoisotopic (exact) mass is 395 g/mol. The third-order valence-corrected chi connectivity index (χ3v) is 5.42. The van der Waals surface area contributed by atoms with Crippen LogP contribution in [0.4, 0.5) is 4.39 Å². The molecule has 28 heavy (non-hydrogen) atoms. The van der Waals surface area contributed by atoms with Gasteiger partial charge >= 0.3 is 0 Å². The van der Waals surface area contributed by atoms with Gasteiger partial charge in [-0.05, 0) is 46.8 Å². The molecule has 0 saturated heterocycles. The van der Waals surface area contributed by atoms with Crippen molar-refractivity contribution in [2.24, 2.45) is 0 Å². The number of carbonyl (C=O) groups excluding carboxylic acids is 1. The fraction of sp³-hybridized carbons (Fsp3) is 0.143. The highest BCUT2D eigenvalue weighted by Gasteiger charge is 2.15. The van der Waals surface area contributed by atoms with Gasteiger partial charge < -0.3 is 14.4 Å². The number of halogens is 1. The summed E-state index contributed by atoms with van der Waals surface area (Å²) in [7, 11) is 3.18. The van der Waals surface area contributed by atoms with Crippen LogP contribution >= 0.6 is 11.3 Å². The van der Waals surface area contributed by atoms with E-state index in [2.05, 4.69) is 4.98 Å². The van der Waals surface area contributed by atoms with Gasteiger partial charge in [-0.3, -0.25) is 4.79 Å². The Labute approximate surface area is 165 Å². The van der Waals surface area contributed by atoms with Crippen LogP contribution in [0.5, 0.6) is 0 Å². The maximum atomic E-state index is 14.4. The first-order chi connectivity index (χ1) is 13.5. The Hall–Kier alpha value is -3.03. The summed E-state index contributed by atoms with van der Waals surface area (Å²) in [4.78, 5) is 18.8. The van der Waals surface area contributed by atoms with Crippen molar-refractivity contribution in [1.82, 2.24) is 14.3 Å². The van der Waals surface area contributed by atoms with E-state index >= 15 is 0 Å². The van der Waals surface area contributed by atoms with E-state index in [0.717, 1.165) is 21.7 Å². The van der Waals surface area contributed by atoms with E-state index in [1.54, 1.807) is 20.2 Å². The summed E-state index contributed by atoms with van der Waals surface area (Å²) in [6.45, 7) is 0.0278. The van der Waals surface area contributed by atoms with Gasteiger partial charge in [0.2, 0.25) is 0 Å². The molecule has 0 atom stereocenters. The van der Waals surface area contributed by atoms with Crippen LogP contribution in [-0.4, -0.2) is 39.4 Å². The van der Waals surface area contributed by atoms with E-state index < -0.39 is 5.82 Å². The van der Waals surface area contributed by atoms with Crippen LogP contribution in [0, 0.1) is 5.82 Å². The number of amides is 1. The number of hydrogen-bond acceptors (Lipinski definition) is 4. The van der Waals surface area contributed by atoms with E-state index in [9.17, 15) is 14.3 Å². The Morgan fingerprint density at radius 1 is 1.14 bits per heavy atom. The van der Waals surface area contributed by atoms with Crippen LogP contribution in [0.1, 0.15) is 15.2 Å². The molecule has 1 amide bonds. The molecule has 4 aromatic rings. The molecule has 0 aliphatic carbocycles. The molecule has 3 aromatic heterocycles. The smallest absolute Gasteiger partial charge is 0.256 e. The van der Waals surface area contributed by atoms with Gasteiger partial charge in [0.05, 0.1) is 17.9 Å². The molecular weight excluding hydrogens is 377 g/mol. The number of aromatic nitrogens is 2. The molecule has 0 spiro atoms. The SMILES string of the molecule is CN(C)C(=O)c1ccc(-c2cn3cc(-c4csc(CO)c4)ccc3n2)cc1F. The van der Waals surface area contributed by atoms with Crippen LogP contribution in [0.25, 0.3) is 28.0 Å². The van der Waals surface area contributed by atoms with Gasteiger partial charge in [-0.1, -0.05) is 6.07 Å². The average Bonchev–Trinajstić information content (AvgIpc) is 3.33. The highest BCUT2D eigenvalue weighted by Crippen LogP contribution is 2.28. The quantitative estimate of drug-likeness (QED) is 0.567. The molecule has 0 aliphatic rings. The normalized spacial score (nSPS) is 11.1. The lowest BCUT2D eigenvalue weighted by Crippen LogP contribution is -2.22. The summed E-state index contributed by atoms with van der Waals surface area (Å²) in [6.07, 6.45) is 3.79. The van der Waals surface area contributed by atoms with Crippen molar-refractivity contribution in [3.05, 3.63) is 70.4 Å². The highest BCUT2D eigenvalue weighted by molar-refractivity contribution is 7.10. The number of rotatable bonds is 4. The van der Waals surface area contributed by atoms with Gasteiger partial charge in [-0.15, -0.1) is 11.3 Å². The maximum absolute atomic E-state index is 14.4. The van der Waals surface area contributed by atoms with Gasteiger partial charge in [0.15, 0.2) is 0 Å². The van der Waals surface area contributed by atoms with Crippen LogP contribution < -0.4 is 0 Å². The number of benzene rings is 1. The number of thiophene rings is 1. The Balaban J connectivity index is 1.70. The number of aliphatic hydroxyl groups is 1. The van der Waals surface area contributed by atoms with E-state index in [4.69, 9.17) is 0 Å². The van der Waals surface area contributed by atoms with Crippen molar-refractivity contribution in [3.8, 4) is 22.4 Å². The number of pyridine rings is 1. The molecule has 0 saturated carbocycles. The molecule has 0 bridgehead atoms. The number of nitrogens with zero attached hydrogens (tertiary/aromatic N) is 3. The Morgan fingerprint density at radius 2 is 1.93 bits per heavy atom. The molecule has 7 heteroatoms. The minimum absolute atomic E-state index is 0.0278. The first kappa shape index (κ1) is 18.3. The van der Waals surface area contributed by atoms with Crippen molar-refractivity contribution in [3.63, 3.8) is 0 Å². The Morgan fingerprint density at radius 3 is 2.61 bits per heavy atom. The van der Waals surface area contributed by atoms with Gasteiger partial charge in [0.25, 0.3) is 5.91 Å². The topological polar surface area (TPSA) is 57.8 Å². The average molecular weight is 395 g/mol. The summed E-state index contributed by atoms with van der Waals surface area (Å²) in [6, 6.07) is 10.4. The fourth-order valence-corrected chi connectivity index (χ4v) is 3.76. The number of carbonyl (C=O) groups is 1. The number of imidazole rings is 1. The number of fused-ring (bicyclic) bond motifs is 1. The molecule has 0 radical (unpaired) electrons. The lowest BCUT2D eigenvalue weighted by atomic mass is 10.1. The zero-order valence-corrected chi connectivity index (χ0v) is 16.2. The summed E-state index contributed by atoms with van der Waals surface area (Å²) < 4.78 is 16.3. The lowest BCUT2D eigenvalue weighted by Gasteiger charge is -2.11. The van der Waals surface area contributed by atoms with Crippen molar-refractivity contribution < 1.29 is 14.3 Å². The molecule has 5 nitrogen and oxygen atoms in total. The zero-order valence-electron chi connectivity index (χ0n) is 15.4. The van der Waals surface area contributed by atoms with Gasteiger partial charge in [-0.25, -0.2) is 9.37 Å². The second-order valence-electron chi connectivity index (χ2n) is 6.66. The first-order valence-corrected chi connectivity index (χ1v) is 9.53. The highest BCUT2D eigenvalue weighted by atomic mass is 32.1. The minimum Gasteiger partial charge on any atom is -0.391 e. The molecule has 1 aromatic carbocycles. The molecular formula is C21H18FN3O2S. The second-order valence-corrected chi connectivity index (χ2v) is 7.66. The largest absolute Gasteiger partial charge is 0.391 e. The maximum Gasteiger partial charge on any atom is 0.256 e. The summed E-state index contributed by atoms with van der Waals surface area (Å²) in [5.41, 5.74) is 4.05. The van der Waals surface area contributed by atoms with Gasteiger partial charge in [0, 0.05) is 36.9 Å². The van der Waals surface area contributed by atoms with Crippen LogP contribution in [0.15, 0.2) is 54.2 Å². The second kappa shape index (κ2) is 7.18. The third kappa shape index (κ3) is 3.30. The Kier molecular flexibility index (Phi) is 4.70. The van der Waals surface area contributed by atoms with E-state index in [1.165, 1.54) is 28.4 Å². The summed E-state index contributed by atoms with van der Waals surface area (Å²) in [5, 5.41) is 11.2. The predicted molar refractivity (Wildman–Crippen MR) is 108 cm³/mol. The molecule has 0 unspecified atom stereocenters. The van der Waals surface area contributed by atoms with Gasteiger partial charge in [0.1, 0.15) is 11.5 Å². The first-order valence-electron chi connectivity index (χ1n) is 8.65. The molecule has 3 heterocycles. The standard InChI is InChI=1S/C21H18FN3O2S/c1-24(2)21(27)17-5-3-13(8-18(17)22)19-10-25-9-14(4-6-20(25)23-19)15-7-16(11-26)28-12-15/h3-10,12,26H,11H2,1-2H3. The molecule has 0 fully saturated rings. The van der Waals surface area contributed by atoms with Crippen LogP contribution in [-0.2, 0) is 6.61 Å². The van der Waals surface area contributed by atoms with E-state index in [1.807, 2.05) is 40.4 Å². The number of hydrogen-bond donors (Lipinski definition) is 1. The van der Waals surface area contributed by atoms with Crippen LogP contribution in [0.2, 0.25) is 0 Å². The van der Waals surface area contributed by atoms with E-state index in [0.29, 0.717) is 11.3 Å². The minimum atomic E-state index is -0.566. The predicted octanol–water partition coefficient (Wildman–Crippen LogP) is 4.06. The number of aliphatic hydroxyl groups excluding tert-OH is 1. The Bertz CT molecular complexity index is 1180. The lowest BCUT2D eigenvalue weighted by molar-refractivity contribution is 0.0823. The fourth-order valence-electron chi connectivity index (χ4n) is 3.01.